The van der Waals surface area contributed by atoms with Gasteiger partial charge in [0.2, 0.25) is 0 Å². The molecule has 1 saturated heterocycles. The zero-order valence-corrected chi connectivity index (χ0v) is 20.4. The van der Waals surface area contributed by atoms with Crippen LogP contribution in [-0.2, 0) is 6.54 Å². The van der Waals surface area contributed by atoms with E-state index < -0.39 is 0 Å². The summed E-state index contributed by atoms with van der Waals surface area (Å²) >= 11 is 1.47. The van der Waals surface area contributed by atoms with Gasteiger partial charge in [-0.25, -0.2) is 9.07 Å². The van der Waals surface area contributed by atoms with Crippen LogP contribution in [-0.4, -0.2) is 64.8 Å². The van der Waals surface area contributed by atoms with Gasteiger partial charge in [0.05, 0.1) is 22.8 Å². The summed E-state index contributed by atoms with van der Waals surface area (Å²) in [7, 11) is 0. The van der Waals surface area contributed by atoms with Gasteiger partial charge >= 0.3 is 0 Å². The SMILES string of the molecule is CCCN(Cc1c(C)nn(-c2cccc(F)c2)c1N1CCN(CC)CC1)C(=O)c1cccs1. The fourth-order valence-electron chi connectivity index (χ4n) is 4.39. The maximum atomic E-state index is 14.1. The average molecular weight is 470 g/mol. The Hall–Kier alpha value is -2.71. The Labute approximate surface area is 199 Å². The van der Waals surface area contributed by atoms with Gasteiger partial charge in [0.25, 0.3) is 5.91 Å². The molecule has 0 bridgehead atoms. The van der Waals surface area contributed by atoms with Crippen LogP contribution in [0, 0.1) is 12.7 Å². The Morgan fingerprint density at radius 2 is 1.94 bits per heavy atom. The van der Waals surface area contributed by atoms with Gasteiger partial charge in [-0.2, -0.15) is 5.10 Å². The lowest BCUT2D eigenvalue weighted by Crippen LogP contribution is -2.47. The van der Waals surface area contributed by atoms with E-state index in [0.717, 1.165) is 61.1 Å². The van der Waals surface area contributed by atoms with Crippen LogP contribution >= 0.6 is 11.3 Å². The lowest BCUT2D eigenvalue weighted by molar-refractivity contribution is 0.0748. The summed E-state index contributed by atoms with van der Waals surface area (Å²) in [4.78, 5) is 20.7. The highest BCUT2D eigenvalue weighted by molar-refractivity contribution is 7.12. The third-order valence-corrected chi connectivity index (χ3v) is 7.05. The van der Waals surface area contributed by atoms with Crippen molar-refractivity contribution in [3.63, 3.8) is 0 Å². The van der Waals surface area contributed by atoms with Gasteiger partial charge in [-0.05, 0) is 49.5 Å². The molecular weight excluding hydrogens is 437 g/mol. The normalized spacial score (nSPS) is 14.6. The number of benzene rings is 1. The van der Waals surface area contributed by atoms with Gasteiger partial charge < -0.3 is 14.7 Å². The minimum Gasteiger partial charge on any atom is -0.354 e. The minimum atomic E-state index is -0.288. The van der Waals surface area contributed by atoms with Crippen molar-refractivity contribution >= 4 is 23.1 Å². The maximum absolute atomic E-state index is 14.1. The second-order valence-corrected chi connectivity index (χ2v) is 9.35. The van der Waals surface area contributed by atoms with Crippen LogP contribution in [0.5, 0.6) is 0 Å². The van der Waals surface area contributed by atoms with Gasteiger partial charge in [-0.1, -0.05) is 26.0 Å². The number of nitrogens with zero attached hydrogens (tertiary/aromatic N) is 5. The van der Waals surface area contributed by atoms with Gasteiger partial charge in [-0.15, -0.1) is 11.3 Å². The third kappa shape index (κ3) is 5.12. The quantitative estimate of drug-likeness (QED) is 0.485. The molecule has 6 nitrogen and oxygen atoms in total. The van der Waals surface area contributed by atoms with E-state index in [1.54, 1.807) is 6.07 Å². The summed E-state index contributed by atoms with van der Waals surface area (Å²) in [5.41, 5.74) is 2.60. The molecule has 33 heavy (non-hydrogen) atoms. The van der Waals surface area contributed by atoms with Crippen molar-refractivity contribution in [2.24, 2.45) is 0 Å². The van der Waals surface area contributed by atoms with E-state index in [1.165, 1.54) is 23.5 Å². The van der Waals surface area contributed by atoms with Crippen LogP contribution in [0.4, 0.5) is 10.2 Å². The smallest absolute Gasteiger partial charge is 0.264 e. The number of hydrogen-bond donors (Lipinski definition) is 0. The van der Waals surface area contributed by atoms with E-state index in [-0.39, 0.29) is 11.7 Å². The molecule has 0 unspecified atom stereocenters. The predicted molar refractivity (Wildman–Crippen MR) is 132 cm³/mol. The van der Waals surface area contributed by atoms with Crippen molar-refractivity contribution < 1.29 is 9.18 Å². The summed E-state index contributed by atoms with van der Waals surface area (Å²) < 4.78 is 15.9. The number of carbonyl (C=O) groups is 1. The molecule has 0 aliphatic carbocycles. The first-order chi connectivity index (χ1) is 16.0. The summed E-state index contributed by atoms with van der Waals surface area (Å²) in [5.74, 6) is 0.727. The van der Waals surface area contributed by atoms with Crippen LogP contribution in [0.25, 0.3) is 5.69 Å². The molecule has 3 aromatic rings. The number of amides is 1. The number of hydrogen-bond acceptors (Lipinski definition) is 5. The number of aryl methyl sites for hydroxylation is 1. The number of anilines is 1. The molecule has 4 rings (SSSR count). The number of rotatable bonds is 8. The number of piperazine rings is 1. The van der Waals surface area contributed by atoms with Crippen LogP contribution in [0.15, 0.2) is 41.8 Å². The standard InChI is InChI=1S/C25H32FN5OS/c1-4-11-30(25(32)23-10-7-16-33-23)18-22-19(3)27-31(21-9-6-8-20(26)17-21)24(22)29-14-12-28(5-2)13-15-29/h6-10,16-17H,4-5,11-15,18H2,1-3H3. The summed E-state index contributed by atoms with van der Waals surface area (Å²) in [6.07, 6.45) is 0.874. The van der Waals surface area contributed by atoms with E-state index in [0.29, 0.717) is 18.8 Å². The molecule has 2 aromatic heterocycles. The van der Waals surface area contributed by atoms with Gasteiger partial charge in [0.1, 0.15) is 11.6 Å². The van der Waals surface area contributed by atoms with Gasteiger partial charge in [0, 0.05) is 38.3 Å². The Morgan fingerprint density at radius 1 is 1.15 bits per heavy atom. The molecule has 1 aliphatic heterocycles. The van der Waals surface area contributed by atoms with Crippen LogP contribution < -0.4 is 4.90 Å². The van der Waals surface area contributed by atoms with E-state index in [1.807, 2.05) is 40.1 Å². The monoisotopic (exact) mass is 469 g/mol. The zero-order valence-electron chi connectivity index (χ0n) is 19.6. The van der Waals surface area contributed by atoms with Crippen molar-refractivity contribution in [2.45, 2.75) is 33.7 Å². The number of halogens is 1. The van der Waals surface area contributed by atoms with E-state index in [2.05, 4.69) is 23.6 Å². The molecular formula is C25H32FN5OS. The fourth-order valence-corrected chi connectivity index (χ4v) is 5.08. The molecule has 1 fully saturated rings. The lowest BCUT2D eigenvalue weighted by Gasteiger charge is -2.36. The third-order valence-electron chi connectivity index (χ3n) is 6.19. The van der Waals surface area contributed by atoms with Crippen LogP contribution in [0.3, 0.4) is 0 Å². The van der Waals surface area contributed by atoms with Crippen molar-refractivity contribution in [3.05, 3.63) is 63.7 Å². The van der Waals surface area contributed by atoms with E-state index in [4.69, 9.17) is 5.10 Å². The first-order valence-electron chi connectivity index (χ1n) is 11.7. The van der Waals surface area contributed by atoms with Crippen molar-refractivity contribution in [1.29, 1.82) is 0 Å². The van der Waals surface area contributed by atoms with Gasteiger partial charge in [0.15, 0.2) is 0 Å². The highest BCUT2D eigenvalue weighted by atomic mass is 32.1. The molecule has 176 valence electrons. The molecule has 1 amide bonds. The van der Waals surface area contributed by atoms with Crippen molar-refractivity contribution in [3.8, 4) is 5.69 Å². The van der Waals surface area contributed by atoms with E-state index >= 15 is 0 Å². The Bertz CT molecular complexity index is 1070. The molecule has 0 atom stereocenters. The summed E-state index contributed by atoms with van der Waals surface area (Å²) in [6.45, 7) is 12.1. The Morgan fingerprint density at radius 3 is 2.58 bits per heavy atom. The maximum Gasteiger partial charge on any atom is 0.264 e. The summed E-state index contributed by atoms with van der Waals surface area (Å²) in [6, 6.07) is 10.3. The minimum absolute atomic E-state index is 0.0477. The summed E-state index contributed by atoms with van der Waals surface area (Å²) in [5, 5.41) is 6.76. The molecule has 0 spiro atoms. The molecule has 8 heteroatoms. The molecule has 1 aromatic carbocycles. The van der Waals surface area contributed by atoms with Crippen LogP contribution in [0.1, 0.15) is 41.2 Å². The topological polar surface area (TPSA) is 44.6 Å². The second kappa shape index (κ2) is 10.5. The number of carbonyl (C=O) groups excluding carboxylic acids is 1. The molecule has 3 heterocycles. The first-order valence-corrected chi connectivity index (χ1v) is 12.5. The lowest BCUT2D eigenvalue weighted by atomic mass is 10.1. The fraction of sp³-hybridized carbons (Fsp3) is 0.440. The molecule has 1 aliphatic rings. The van der Waals surface area contributed by atoms with Gasteiger partial charge in [-0.3, -0.25) is 4.79 Å². The first kappa shape index (κ1) is 23.4. The number of likely N-dealkylation sites (N-methyl/N-ethyl adjacent to an activating group) is 1. The molecule has 0 radical (unpaired) electrons. The van der Waals surface area contributed by atoms with Crippen molar-refractivity contribution in [2.75, 3.05) is 44.2 Å². The van der Waals surface area contributed by atoms with Crippen molar-refractivity contribution in [1.82, 2.24) is 19.6 Å². The Balaban J connectivity index is 1.74. The second-order valence-electron chi connectivity index (χ2n) is 8.40. The molecule has 0 saturated carbocycles. The predicted octanol–water partition coefficient (Wildman–Crippen LogP) is 4.58. The average Bonchev–Trinajstić information content (AvgIpc) is 3.47. The number of aromatic nitrogens is 2. The molecule has 0 N–H and O–H groups in total. The largest absolute Gasteiger partial charge is 0.354 e. The number of thiophene rings is 1. The van der Waals surface area contributed by atoms with Crippen LogP contribution in [0.2, 0.25) is 0 Å². The van der Waals surface area contributed by atoms with E-state index in [9.17, 15) is 9.18 Å². The zero-order chi connectivity index (χ0) is 23.4. The Kier molecular flexibility index (Phi) is 7.45. The highest BCUT2D eigenvalue weighted by Crippen LogP contribution is 2.30. The highest BCUT2D eigenvalue weighted by Gasteiger charge is 2.28.